The number of nitrogens with zero attached hydrogens (tertiary/aromatic N) is 2. The number of halogens is 1. The Bertz CT molecular complexity index is 1390. The minimum atomic E-state index is -0.678. The van der Waals surface area contributed by atoms with Crippen LogP contribution in [0.3, 0.4) is 0 Å². The van der Waals surface area contributed by atoms with Gasteiger partial charge in [0.15, 0.2) is 11.5 Å². The Morgan fingerprint density at radius 2 is 1.65 bits per heavy atom. The molecule has 34 heavy (non-hydrogen) atoms. The second-order valence-corrected chi connectivity index (χ2v) is 7.71. The molecule has 9 heteroatoms. The lowest BCUT2D eigenvalue weighted by Crippen LogP contribution is -2.42. The third-order valence-electron chi connectivity index (χ3n) is 5.30. The fourth-order valence-corrected chi connectivity index (χ4v) is 3.53. The quantitative estimate of drug-likeness (QED) is 0.318. The first-order chi connectivity index (χ1) is 16.5. The van der Waals surface area contributed by atoms with Gasteiger partial charge in [0.25, 0.3) is 11.5 Å². The van der Waals surface area contributed by atoms with E-state index < -0.39 is 11.8 Å². The summed E-state index contributed by atoms with van der Waals surface area (Å²) in [4.78, 5) is 38.1. The monoisotopic (exact) mass is 462 g/mol. The number of aromatic nitrogens is 2. The van der Waals surface area contributed by atoms with Crippen molar-refractivity contribution in [3.63, 3.8) is 0 Å². The molecule has 2 aromatic carbocycles. The van der Waals surface area contributed by atoms with E-state index in [4.69, 9.17) is 4.42 Å². The highest BCUT2D eigenvalue weighted by molar-refractivity contribution is 6.05. The summed E-state index contributed by atoms with van der Waals surface area (Å²) < 4.78 is 19.9. The van der Waals surface area contributed by atoms with Gasteiger partial charge in [-0.1, -0.05) is 38.0 Å². The molecule has 2 aromatic heterocycles. The molecule has 2 N–H and O–H groups in total. The van der Waals surface area contributed by atoms with E-state index in [1.165, 1.54) is 35.0 Å². The van der Waals surface area contributed by atoms with Gasteiger partial charge >= 0.3 is 5.91 Å². The average Bonchev–Trinajstić information content (AvgIpc) is 3.35. The van der Waals surface area contributed by atoms with E-state index in [0.29, 0.717) is 28.6 Å². The number of fused-ring (bicyclic) bond motifs is 1. The molecule has 0 radical (unpaired) electrons. The van der Waals surface area contributed by atoms with E-state index in [1.54, 1.807) is 30.3 Å². The molecule has 0 fully saturated rings. The van der Waals surface area contributed by atoms with Crippen molar-refractivity contribution in [2.45, 2.75) is 32.7 Å². The fourth-order valence-electron chi connectivity index (χ4n) is 3.53. The summed E-state index contributed by atoms with van der Waals surface area (Å²) in [5.41, 5.74) is 5.00. The van der Waals surface area contributed by atoms with Crippen molar-refractivity contribution in [1.29, 1.82) is 0 Å². The molecule has 0 saturated carbocycles. The lowest BCUT2D eigenvalue weighted by molar-refractivity contribution is 0.0828. The molecule has 0 bridgehead atoms. The van der Waals surface area contributed by atoms with Crippen LogP contribution in [-0.4, -0.2) is 21.6 Å². The van der Waals surface area contributed by atoms with Crippen LogP contribution in [0.1, 0.15) is 47.2 Å². The number of carbonyl (C=O) groups is 2. The largest absolute Gasteiger partial charge is 0.451 e. The number of hydrogen-bond acceptors (Lipinski definition) is 5. The molecule has 0 atom stereocenters. The molecule has 0 aliphatic heterocycles. The molecule has 2 amide bonds. The van der Waals surface area contributed by atoms with Crippen molar-refractivity contribution in [3.05, 3.63) is 88.3 Å². The minimum Gasteiger partial charge on any atom is -0.451 e. The predicted octanol–water partition coefficient (Wildman–Crippen LogP) is 4.06. The number of furan rings is 1. The van der Waals surface area contributed by atoms with Gasteiger partial charge in [-0.05, 0) is 48.9 Å². The van der Waals surface area contributed by atoms with Crippen LogP contribution in [0.25, 0.3) is 22.1 Å². The lowest BCUT2D eigenvalue weighted by atomic mass is 10.1. The Labute approximate surface area is 194 Å². The topological polar surface area (TPSA) is 106 Å². The van der Waals surface area contributed by atoms with Gasteiger partial charge in [-0.15, -0.1) is 0 Å². The smallest absolute Gasteiger partial charge is 0.305 e. The van der Waals surface area contributed by atoms with Crippen LogP contribution in [0.15, 0.2) is 69.9 Å². The number of benzene rings is 2. The Balaban J connectivity index is 1.51. The van der Waals surface area contributed by atoms with Crippen molar-refractivity contribution < 1.29 is 18.4 Å². The minimum absolute atomic E-state index is 0.0263. The normalized spacial score (nSPS) is 10.9. The molecule has 8 nitrogen and oxygen atoms in total. The van der Waals surface area contributed by atoms with E-state index in [2.05, 4.69) is 22.9 Å². The number of nitrogens with one attached hydrogen (secondary N) is 2. The highest BCUT2D eigenvalue weighted by atomic mass is 19.1. The number of rotatable bonds is 7. The molecule has 0 aliphatic carbocycles. The first-order valence-electron chi connectivity index (χ1n) is 10.9. The molecule has 0 saturated heterocycles. The predicted molar refractivity (Wildman–Crippen MR) is 125 cm³/mol. The Kier molecular flexibility index (Phi) is 6.82. The van der Waals surface area contributed by atoms with E-state index in [1.807, 2.05) is 0 Å². The van der Waals surface area contributed by atoms with Crippen LogP contribution < -0.4 is 16.4 Å². The summed E-state index contributed by atoms with van der Waals surface area (Å²) in [6.45, 7) is 2.45. The van der Waals surface area contributed by atoms with E-state index in [0.717, 1.165) is 19.3 Å². The fraction of sp³-hybridized carbons (Fsp3) is 0.200. The van der Waals surface area contributed by atoms with Crippen molar-refractivity contribution in [1.82, 2.24) is 20.6 Å². The van der Waals surface area contributed by atoms with Crippen molar-refractivity contribution in [2.24, 2.45) is 0 Å². The zero-order valence-corrected chi connectivity index (χ0v) is 18.5. The van der Waals surface area contributed by atoms with Gasteiger partial charge in [0, 0.05) is 17.5 Å². The third kappa shape index (κ3) is 4.88. The van der Waals surface area contributed by atoms with Gasteiger partial charge in [-0.3, -0.25) is 25.2 Å². The first kappa shape index (κ1) is 22.9. The lowest BCUT2D eigenvalue weighted by Gasteiger charge is -2.11. The molecule has 2 heterocycles. The maximum atomic E-state index is 13.1. The van der Waals surface area contributed by atoms with Crippen LogP contribution in [0.5, 0.6) is 0 Å². The number of unbranched alkanes of at least 4 members (excludes halogenated alkanes) is 2. The molecular weight excluding hydrogens is 439 g/mol. The van der Waals surface area contributed by atoms with E-state index in [9.17, 15) is 18.8 Å². The van der Waals surface area contributed by atoms with Gasteiger partial charge in [-0.2, -0.15) is 5.10 Å². The SMILES string of the molecule is CCCCCn1nc(C(=O)NNC(=O)c2ccc(-c3ccc(F)cc3)o2)c2ccccc2c1=O. The summed E-state index contributed by atoms with van der Waals surface area (Å²) in [5, 5.41) is 5.03. The number of hydrazine groups is 1. The van der Waals surface area contributed by atoms with Crippen LogP contribution >= 0.6 is 0 Å². The summed E-state index contributed by atoms with van der Waals surface area (Å²) in [5.74, 6) is -1.39. The molecule has 4 rings (SSSR count). The molecule has 174 valence electrons. The highest BCUT2D eigenvalue weighted by Gasteiger charge is 2.19. The molecule has 0 unspecified atom stereocenters. The maximum Gasteiger partial charge on any atom is 0.305 e. The maximum absolute atomic E-state index is 13.1. The number of amides is 2. The van der Waals surface area contributed by atoms with Gasteiger partial charge in [0.1, 0.15) is 11.6 Å². The molecule has 0 spiro atoms. The van der Waals surface area contributed by atoms with Crippen molar-refractivity contribution in [2.75, 3.05) is 0 Å². The number of carbonyl (C=O) groups excluding carboxylic acids is 2. The Morgan fingerprint density at radius 1 is 0.941 bits per heavy atom. The van der Waals surface area contributed by atoms with Crippen LogP contribution in [0, 0.1) is 5.82 Å². The summed E-state index contributed by atoms with van der Waals surface area (Å²) in [6.07, 6.45) is 2.67. The summed E-state index contributed by atoms with van der Waals surface area (Å²) >= 11 is 0. The first-order valence-corrected chi connectivity index (χ1v) is 10.9. The van der Waals surface area contributed by atoms with Crippen LogP contribution in [0.4, 0.5) is 4.39 Å². The molecular formula is C25H23FN4O4. The van der Waals surface area contributed by atoms with E-state index >= 15 is 0 Å². The second-order valence-electron chi connectivity index (χ2n) is 7.71. The standard InChI is InChI=1S/C25H23FN4O4/c1-2-3-6-15-30-25(33)19-8-5-4-7-18(19)22(29-30)24(32)28-27-23(31)21-14-13-20(34-21)16-9-11-17(26)12-10-16/h4-5,7-14H,2-3,6,15H2,1H3,(H,27,31)(H,28,32). The van der Waals surface area contributed by atoms with Gasteiger partial charge in [0.2, 0.25) is 0 Å². The van der Waals surface area contributed by atoms with Gasteiger partial charge in [0.05, 0.1) is 5.39 Å². The third-order valence-corrected chi connectivity index (χ3v) is 5.30. The highest BCUT2D eigenvalue weighted by Crippen LogP contribution is 2.22. The average molecular weight is 462 g/mol. The van der Waals surface area contributed by atoms with Crippen LogP contribution in [-0.2, 0) is 6.54 Å². The second kappa shape index (κ2) is 10.1. The zero-order chi connectivity index (χ0) is 24.1. The van der Waals surface area contributed by atoms with Gasteiger partial charge in [-0.25, -0.2) is 9.07 Å². The molecule has 0 aliphatic rings. The van der Waals surface area contributed by atoms with Gasteiger partial charge < -0.3 is 4.42 Å². The number of hydrogen-bond donors (Lipinski definition) is 2. The number of aryl methyl sites for hydroxylation is 1. The van der Waals surface area contributed by atoms with Crippen molar-refractivity contribution in [3.8, 4) is 11.3 Å². The summed E-state index contributed by atoms with van der Waals surface area (Å²) in [7, 11) is 0. The van der Waals surface area contributed by atoms with Crippen LogP contribution in [0.2, 0.25) is 0 Å². The Morgan fingerprint density at radius 3 is 2.38 bits per heavy atom. The van der Waals surface area contributed by atoms with Crippen molar-refractivity contribution >= 4 is 22.6 Å². The molecule has 4 aromatic rings. The Hall–Kier alpha value is -4.27. The zero-order valence-electron chi connectivity index (χ0n) is 18.5. The van der Waals surface area contributed by atoms with E-state index in [-0.39, 0.29) is 22.8 Å². The summed E-state index contributed by atoms with van der Waals surface area (Å²) in [6, 6.07) is 15.4.